The van der Waals surface area contributed by atoms with Gasteiger partial charge in [-0.05, 0) is 36.6 Å². The average molecular weight is 314 g/mol. The van der Waals surface area contributed by atoms with Crippen LogP contribution in [0.5, 0.6) is 0 Å². The zero-order chi connectivity index (χ0) is 16.7. The average Bonchev–Trinajstić information content (AvgIpc) is 2.59. The van der Waals surface area contributed by atoms with Crippen molar-refractivity contribution in [3.8, 4) is 6.07 Å². The van der Waals surface area contributed by atoms with Gasteiger partial charge in [0.25, 0.3) is 11.6 Å². The van der Waals surface area contributed by atoms with Crippen LogP contribution in [0.4, 0.5) is 5.69 Å². The molecule has 2 rings (SSSR count). The van der Waals surface area contributed by atoms with Gasteiger partial charge in [0.2, 0.25) is 0 Å². The standard InChI is InChI=1S/C16H18N4O3/c17-11-13(10-12-6-8-15(9-7-12)20(22)23)16(21)19-18-14-4-2-1-3-5-14/h6-10,14,18H,1-5H2,(H,19,21)/b13-10+. The van der Waals surface area contributed by atoms with E-state index in [1.165, 1.54) is 36.8 Å². The number of benzene rings is 1. The number of hydrazine groups is 1. The van der Waals surface area contributed by atoms with Crippen LogP contribution in [0, 0.1) is 21.4 Å². The van der Waals surface area contributed by atoms with Gasteiger partial charge in [-0.15, -0.1) is 0 Å². The zero-order valence-electron chi connectivity index (χ0n) is 12.6. The third kappa shape index (κ3) is 4.90. The Bertz CT molecular complexity index is 640. The van der Waals surface area contributed by atoms with Crippen LogP contribution >= 0.6 is 0 Å². The van der Waals surface area contributed by atoms with Gasteiger partial charge in [-0.3, -0.25) is 20.3 Å². The first-order chi connectivity index (χ1) is 11.1. The first-order valence-corrected chi connectivity index (χ1v) is 7.52. The minimum Gasteiger partial charge on any atom is -0.287 e. The number of nitrogens with zero attached hydrogens (tertiary/aromatic N) is 2. The Morgan fingerprint density at radius 1 is 1.26 bits per heavy atom. The summed E-state index contributed by atoms with van der Waals surface area (Å²) in [7, 11) is 0. The molecule has 0 saturated heterocycles. The van der Waals surface area contributed by atoms with Crippen molar-refractivity contribution in [1.82, 2.24) is 10.9 Å². The molecule has 1 aromatic rings. The van der Waals surface area contributed by atoms with Gasteiger partial charge >= 0.3 is 0 Å². The van der Waals surface area contributed by atoms with Crippen LogP contribution in [-0.2, 0) is 4.79 Å². The van der Waals surface area contributed by atoms with E-state index in [1.807, 2.05) is 6.07 Å². The summed E-state index contributed by atoms with van der Waals surface area (Å²) in [6.07, 6.45) is 6.91. The van der Waals surface area contributed by atoms with Crippen LogP contribution in [0.15, 0.2) is 29.8 Å². The SMILES string of the molecule is N#C/C(=C\c1ccc([N+](=O)[O-])cc1)C(=O)NNC1CCCCC1. The number of carbonyl (C=O) groups is 1. The molecule has 0 aliphatic heterocycles. The van der Waals surface area contributed by atoms with Gasteiger partial charge < -0.3 is 0 Å². The summed E-state index contributed by atoms with van der Waals surface area (Å²) in [5.74, 6) is -0.503. The summed E-state index contributed by atoms with van der Waals surface area (Å²) < 4.78 is 0. The van der Waals surface area contributed by atoms with Crippen molar-refractivity contribution in [2.45, 2.75) is 38.1 Å². The Balaban J connectivity index is 1.98. The predicted octanol–water partition coefficient (Wildman–Crippen LogP) is 2.46. The highest BCUT2D eigenvalue weighted by Crippen LogP contribution is 2.17. The van der Waals surface area contributed by atoms with E-state index in [0.717, 1.165) is 25.7 Å². The van der Waals surface area contributed by atoms with Crippen molar-refractivity contribution in [2.75, 3.05) is 0 Å². The summed E-state index contributed by atoms with van der Waals surface area (Å²) >= 11 is 0. The van der Waals surface area contributed by atoms with Crippen molar-refractivity contribution in [2.24, 2.45) is 0 Å². The molecule has 0 radical (unpaired) electrons. The van der Waals surface area contributed by atoms with Crippen molar-refractivity contribution >= 4 is 17.7 Å². The first kappa shape index (κ1) is 16.6. The highest BCUT2D eigenvalue weighted by molar-refractivity contribution is 6.01. The molecule has 1 aliphatic rings. The third-order valence-electron chi connectivity index (χ3n) is 3.77. The maximum absolute atomic E-state index is 12.0. The highest BCUT2D eigenvalue weighted by Gasteiger charge is 2.15. The molecule has 1 aromatic carbocycles. The van der Waals surface area contributed by atoms with Gasteiger partial charge in [-0.1, -0.05) is 19.3 Å². The van der Waals surface area contributed by atoms with Crippen LogP contribution in [0.2, 0.25) is 0 Å². The van der Waals surface area contributed by atoms with E-state index in [2.05, 4.69) is 10.9 Å². The number of non-ortho nitro benzene ring substituents is 1. The maximum atomic E-state index is 12.0. The molecule has 1 amide bonds. The number of nitro groups is 1. The number of amides is 1. The van der Waals surface area contributed by atoms with Crippen LogP contribution < -0.4 is 10.9 Å². The second kappa shape index (κ2) is 8.06. The second-order valence-electron chi connectivity index (χ2n) is 5.45. The Kier molecular flexibility index (Phi) is 5.83. The lowest BCUT2D eigenvalue weighted by Crippen LogP contribution is -2.45. The van der Waals surface area contributed by atoms with E-state index < -0.39 is 10.8 Å². The van der Waals surface area contributed by atoms with Crippen molar-refractivity contribution in [3.05, 3.63) is 45.5 Å². The van der Waals surface area contributed by atoms with Gasteiger partial charge in [0.05, 0.1) is 4.92 Å². The van der Waals surface area contributed by atoms with E-state index in [4.69, 9.17) is 5.26 Å². The second-order valence-corrected chi connectivity index (χ2v) is 5.45. The Morgan fingerprint density at radius 3 is 2.48 bits per heavy atom. The predicted molar refractivity (Wildman–Crippen MR) is 84.8 cm³/mol. The highest BCUT2D eigenvalue weighted by atomic mass is 16.6. The molecule has 7 nitrogen and oxygen atoms in total. The van der Waals surface area contributed by atoms with Crippen LogP contribution in [0.3, 0.4) is 0 Å². The first-order valence-electron chi connectivity index (χ1n) is 7.52. The summed E-state index contributed by atoms with van der Waals surface area (Å²) in [5, 5.41) is 19.7. The van der Waals surface area contributed by atoms with E-state index in [-0.39, 0.29) is 17.3 Å². The Hall–Kier alpha value is -2.72. The van der Waals surface area contributed by atoms with Gasteiger partial charge in [-0.25, -0.2) is 5.43 Å². The van der Waals surface area contributed by atoms with Crippen LogP contribution in [0.25, 0.3) is 6.08 Å². The Labute approximate surface area is 134 Å². The topological polar surface area (TPSA) is 108 Å². The zero-order valence-corrected chi connectivity index (χ0v) is 12.6. The largest absolute Gasteiger partial charge is 0.287 e. The molecule has 0 spiro atoms. The number of nitrogens with one attached hydrogen (secondary N) is 2. The molecular weight excluding hydrogens is 296 g/mol. The lowest BCUT2D eigenvalue weighted by molar-refractivity contribution is -0.384. The number of nitriles is 1. The molecule has 1 fully saturated rings. The van der Waals surface area contributed by atoms with Crippen molar-refractivity contribution < 1.29 is 9.72 Å². The molecule has 0 unspecified atom stereocenters. The Morgan fingerprint density at radius 2 is 1.91 bits per heavy atom. The molecule has 1 saturated carbocycles. The molecule has 120 valence electrons. The van der Waals surface area contributed by atoms with Crippen molar-refractivity contribution in [1.29, 1.82) is 5.26 Å². The van der Waals surface area contributed by atoms with E-state index in [1.54, 1.807) is 0 Å². The minimum atomic E-state index is -0.503. The van der Waals surface area contributed by atoms with Crippen LogP contribution in [-0.4, -0.2) is 16.9 Å². The monoisotopic (exact) mass is 314 g/mol. The van der Waals surface area contributed by atoms with E-state index >= 15 is 0 Å². The van der Waals surface area contributed by atoms with Gasteiger partial charge in [0.15, 0.2) is 0 Å². The van der Waals surface area contributed by atoms with Gasteiger partial charge in [-0.2, -0.15) is 5.26 Å². The number of hydrogen-bond acceptors (Lipinski definition) is 5. The fraction of sp³-hybridized carbons (Fsp3) is 0.375. The number of hydrogen-bond donors (Lipinski definition) is 2. The molecule has 23 heavy (non-hydrogen) atoms. The van der Waals surface area contributed by atoms with Gasteiger partial charge in [0.1, 0.15) is 11.6 Å². The molecule has 7 heteroatoms. The number of rotatable bonds is 5. The smallest absolute Gasteiger partial charge is 0.276 e. The number of nitro benzene ring substituents is 1. The quantitative estimate of drug-likeness (QED) is 0.375. The molecular formula is C16H18N4O3. The maximum Gasteiger partial charge on any atom is 0.276 e. The molecule has 0 bridgehead atoms. The van der Waals surface area contributed by atoms with Gasteiger partial charge in [0, 0.05) is 18.2 Å². The lowest BCUT2D eigenvalue weighted by atomic mass is 9.96. The minimum absolute atomic E-state index is 0.0379. The van der Waals surface area contributed by atoms with E-state index in [0.29, 0.717) is 5.56 Å². The normalized spacial score (nSPS) is 15.7. The summed E-state index contributed by atoms with van der Waals surface area (Å²) in [4.78, 5) is 22.1. The van der Waals surface area contributed by atoms with Crippen molar-refractivity contribution in [3.63, 3.8) is 0 Å². The molecule has 1 aliphatic carbocycles. The lowest BCUT2D eigenvalue weighted by Gasteiger charge is -2.22. The fourth-order valence-corrected chi connectivity index (χ4v) is 2.49. The summed E-state index contributed by atoms with van der Waals surface area (Å²) in [6, 6.07) is 7.75. The molecule has 0 heterocycles. The third-order valence-corrected chi connectivity index (χ3v) is 3.77. The summed E-state index contributed by atoms with van der Waals surface area (Å²) in [5.41, 5.74) is 5.99. The molecule has 0 aromatic heterocycles. The molecule has 0 atom stereocenters. The fourth-order valence-electron chi connectivity index (χ4n) is 2.49. The van der Waals surface area contributed by atoms with E-state index in [9.17, 15) is 14.9 Å². The summed E-state index contributed by atoms with van der Waals surface area (Å²) in [6.45, 7) is 0. The number of carbonyl (C=O) groups excluding carboxylic acids is 1. The molecule has 2 N–H and O–H groups in total. The van der Waals surface area contributed by atoms with Crippen LogP contribution in [0.1, 0.15) is 37.7 Å².